The molecule has 4 nitrogen and oxygen atoms in total. The monoisotopic (exact) mass is 243 g/mol. The molecule has 0 saturated heterocycles. The van der Waals surface area contributed by atoms with Gasteiger partial charge in [0, 0.05) is 20.3 Å². The predicted molar refractivity (Wildman–Crippen MR) is 67.1 cm³/mol. The first-order valence-corrected chi connectivity index (χ1v) is 6.52. The molecular formula is C13H25NO3. The number of hydrogen-bond acceptors (Lipinski definition) is 3. The Balaban J connectivity index is 2.70. The first-order chi connectivity index (χ1) is 8.04. The van der Waals surface area contributed by atoms with E-state index in [4.69, 9.17) is 4.74 Å². The number of carbonyl (C=O) groups is 1. The molecule has 0 aromatic heterocycles. The fourth-order valence-electron chi connectivity index (χ4n) is 2.12. The number of rotatable bonds is 9. The molecule has 1 fully saturated rings. The zero-order chi connectivity index (χ0) is 12.9. The van der Waals surface area contributed by atoms with Crippen LogP contribution in [0.1, 0.15) is 39.5 Å². The van der Waals surface area contributed by atoms with E-state index in [9.17, 15) is 9.90 Å². The van der Waals surface area contributed by atoms with E-state index >= 15 is 0 Å². The van der Waals surface area contributed by atoms with E-state index in [0.29, 0.717) is 18.9 Å². The van der Waals surface area contributed by atoms with Crippen molar-refractivity contribution in [2.24, 2.45) is 5.92 Å². The largest absolute Gasteiger partial charge is 0.480 e. The zero-order valence-corrected chi connectivity index (χ0v) is 11.2. The number of methoxy groups -OCH3 is 1. The Morgan fingerprint density at radius 2 is 2.18 bits per heavy atom. The Morgan fingerprint density at radius 3 is 2.59 bits per heavy atom. The minimum absolute atomic E-state index is 0.494. The summed E-state index contributed by atoms with van der Waals surface area (Å²) in [5.74, 6) is -0.0218. The van der Waals surface area contributed by atoms with Crippen molar-refractivity contribution < 1.29 is 14.6 Å². The second-order valence-electron chi connectivity index (χ2n) is 5.21. The lowest BCUT2D eigenvalue weighted by Crippen LogP contribution is -2.54. The van der Waals surface area contributed by atoms with Crippen LogP contribution in [0, 0.1) is 5.92 Å². The molecule has 0 amide bonds. The maximum Gasteiger partial charge on any atom is 0.323 e. The van der Waals surface area contributed by atoms with Gasteiger partial charge in [0.1, 0.15) is 5.54 Å². The van der Waals surface area contributed by atoms with Gasteiger partial charge >= 0.3 is 5.97 Å². The number of nitrogens with zero attached hydrogens (tertiary/aromatic N) is 1. The van der Waals surface area contributed by atoms with Crippen molar-refractivity contribution in [3.8, 4) is 0 Å². The summed E-state index contributed by atoms with van der Waals surface area (Å²) in [7, 11) is 1.62. The molecule has 1 aliphatic carbocycles. The number of ether oxygens (including phenoxy) is 1. The SMILES string of the molecule is CCCN(CC1CC1)C(C)(CCOC)C(=O)O. The van der Waals surface area contributed by atoms with E-state index in [2.05, 4.69) is 11.8 Å². The van der Waals surface area contributed by atoms with E-state index in [1.54, 1.807) is 7.11 Å². The average Bonchev–Trinajstić information content (AvgIpc) is 3.09. The fourth-order valence-corrected chi connectivity index (χ4v) is 2.12. The Bertz CT molecular complexity index is 253. The first-order valence-electron chi connectivity index (χ1n) is 6.52. The van der Waals surface area contributed by atoms with Gasteiger partial charge in [-0.05, 0) is 45.1 Å². The molecule has 0 aromatic carbocycles. The predicted octanol–water partition coefficient (Wildman–Crippen LogP) is 1.99. The van der Waals surface area contributed by atoms with Gasteiger partial charge in [0.2, 0.25) is 0 Å². The molecule has 0 aliphatic heterocycles. The molecule has 0 aromatic rings. The van der Waals surface area contributed by atoms with Crippen LogP contribution in [0.2, 0.25) is 0 Å². The summed E-state index contributed by atoms with van der Waals surface area (Å²) in [5, 5.41) is 9.49. The molecule has 0 bridgehead atoms. The maximum atomic E-state index is 11.5. The van der Waals surface area contributed by atoms with E-state index in [-0.39, 0.29) is 0 Å². The standard InChI is InChI=1S/C13H25NO3/c1-4-8-14(10-11-5-6-11)13(2,12(15)16)7-9-17-3/h11H,4-10H2,1-3H3,(H,15,16). The van der Waals surface area contributed by atoms with Gasteiger partial charge in [-0.25, -0.2) is 0 Å². The van der Waals surface area contributed by atoms with Gasteiger partial charge in [0.15, 0.2) is 0 Å². The highest BCUT2D eigenvalue weighted by Crippen LogP contribution is 2.33. The highest BCUT2D eigenvalue weighted by atomic mass is 16.5. The molecule has 17 heavy (non-hydrogen) atoms. The summed E-state index contributed by atoms with van der Waals surface area (Å²) in [6.07, 6.45) is 4.04. The Hall–Kier alpha value is -0.610. The van der Waals surface area contributed by atoms with Gasteiger partial charge < -0.3 is 9.84 Å². The number of hydrogen-bond donors (Lipinski definition) is 1. The third-order valence-electron chi connectivity index (χ3n) is 3.62. The normalized spacial score (nSPS) is 19.3. The number of aliphatic carboxylic acids is 1. The lowest BCUT2D eigenvalue weighted by molar-refractivity contribution is -0.152. The Kier molecular flexibility index (Phi) is 5.40. The zero-order valence-electron chi connectivity index (χ0n) is 11.2. The maximum absolute atomic E-state index is 11.5. The third kappa shape index (κ3) is 3.96. The Labute approximate surface area is 104 Å². The molecule has 100 valence electrons. The van der Waals surface area contributed by atoms with Crippen molar-refractivity contribution in [3.05, 3.63) is 0 Å². The fraction of sp³-hybridized carbons (Fsp3) is 0.923. The van der Waals surface area contributed by atoms with Crippen molar-refractivity contribution in [3.63, 3.8) is 0 Å². The molecule has 1 saturated carbocycles. The molecule has 4 heteroatoms. The highest BCUT2D eigenvalue weighted by molar-refractivity contribution is 5.78. The van der Waals surface area contributed by atoms with Crippen LogP contribution in [0.5, 0.6) is 0 Å². The van der Waals surface area contributed by atoms with Gasteiger partial charge in [0.05, 0.1) is 0 Å². The second kappa shape index (κ2) is 6.36. The molecule has 1 unspecified atom stereocenters. The smallest absolute Gasteiger partial charge is 0.323 e. The van der Waals surface area contributed by atoms with E-state index in [1.807, 2.05) is 6.92 Å². The van der Waals surface area contributed by atoms with E-state index in [0.717, 1.165) is 19.5 Å². The van der Waals surface area contributed by atoms with Crippen LogP contribution in [0.15, 0.2) is 0 Å². The molecular weight excluding hydrogens is 218 g/mol. The molecule has 0 spiro atoms. The molecule has 0 radical (unpaired) electrons. The van der Waals surface area contributed by atoms with Crippen LogP contribution in [-0.4, -0.2) is 48.3 Å². The Morgan fingerprint density at radius 1 is 1.53 bits per heavy atom. The summed E-state index contributed by atoms with van der Waals surface area (Å²) in [5.41, 5.74) is -0.783. The van der Waals surface area contributed by atoms with E-state index in [1.165, 1.54) is 12.8 Å². The van der Waals surface area contributed by atoms with Gasteiger partial charge in [-0.1, -0.05) is 6.92 Å². The van der Waals surface area contributed by atoms with Crippen molar-refractivity contribution in [1.82, 2.24) is 4.90 Å². The first kappa shape index (κ1) is 14.5. The molecule has 1 aliphatic rings. The van der Waals surface area contributed by atoms with Crippen LogP contribution in [0.3, 0.4) is 0 Å². The lowest BCUT2D eigenvalue weighted by Gasteiger charge is -2.38. The van der Waals surface area contributed by atoms with Crippen LogP contribution in [0.25, 0.3) is 0 Å². The van der Waals surface area contributed by atoms with Crippen LogP contribution in [-0.2, 0) is 9.53 Å². The van der Waals surface area contributed by atoms with Crippen LogP contribution >= 0.6 is 0 Å². The topological polar surface area (TPSA) is 49.8 Å². The molecule has 0 heterocycles. The van der Waals surface area contributed by atoms with Gasteiger partial charge in [0.25, 0.3) is 0 Å². The molecule has 1 atom stereocenters. The van der Waals surface area contributed by atoms with Gasteiger partial charge in [-0.15, -0.1) is 0 Å². The third-order valence-corrected chi connectivity index (χ3v) is 3.62. The van der Waals surface area contributed by atoms with Crippen molar-refractivity contribution >= 4 is 5.97 Å². The second-order valence-corrected chi connectivity index (χ2v) is 5.21. The van der Waals surface area contributed by atoms with Gasteiger partial charge in [-0.2, -0.15) is 0 Å². The van der Waals surface area contributed by atoms with E-state index < -0.39 is 11.5 Å². The number of carboxylic acid groups (broad SMARTS) is 1. The summed E-state index contributed by atoms with van der Waals surface area (Å²) in [4.78, 5) is 13.7. The molecule has 1 N–H and O–H groups in total. The van der Waals surface area contributed by atoms with Crippen molar-refractivity contribution in [1.29, 1.82) is 0 Å². The molecule has 1 rings (SSSR count). The quantitative estimate of drug-likeness (QED) is 0.673. The van der Waals surface area contributed by atoms with Crippen molar-refractivity contribution in [2.45, 2.75) is 45.1 Å². The average molecular weight is 243 g/mol. The van der Waals surface area contributed by atoms with Crippen LogP contribution < -0.4 is 0 Å². The summed E-state index contributed by atoms with van der Waals surface area (Å²) in [6, 6.07) is 0. The van der Waals surface area contributed by atoms with Crippen molar-refractivity contribution in [2.75, 3.05) is 26.8 Å². The summed E-state index contributed by atoms with van der Waals surface area (Å²) >= 11 is 0. The minimum Gasteiger partial charge on any atom is -0.480 e. The summed E-state index contributed by atoms with van der Waals surface area (Å²) in [6.45, 7) is 6.18. The van der Waals surface area contributed by atoms with Gasteiger partial charge in [-0.3, -0.25) is 9.69 Å². The minimum atomic E-state index is -0.783. The summed E-state index contributed by atoms with van der Waals surface area (Å²) < 4.78 is 5.05. The lowest BCUT2D eigenvalue weighted by atomic mass is 9.95. The van der Waals surface area contributed by atoms with Crippen LogP contribution in [0.4, 0.5) is 0 Å². The highest BCUT2D eigenvalue weighted by Gasteiger charge is 2.41. The number of carboxylic acids is 1.